The Kier molecular flexibility index (Phi) is 7.07. The summed E-state index contributed by atoms with van der Waals surface area (Å²) in [6.45, 7) is 6.14. The van der Waals surface area contributed by atoms with Crippen LogP contribution in [0.3, 0.4) is 0 Å². The number of halogens is 1. The molecular weight excluding hydrogens is 485 g/mol. The van der Waals surface area contributed by atoms with E-state index in [1.807, 2.05) is 19.9 Å². The fourth-order valence-electron chi connectivity index (χ4n) is 4.37. The molecule has 188 valence electrons. The Balaban J connectivity index is 1.53. The molecule has 0 aliphatic carbocycles. The molecule has 0 unspecified atom stereocenters. The number of benzene rings is 3. The Morgan fingerprint density at radius 1 is 1.00 bits per heavy atom. The van der Waals surface area contributed by atoms with E-state index in [0.29, 0.717) is 26.2 Å². The first-order chi connectivity index (χ1) is 17.0. The smallest absolute Gasteiger partial charge is 0.288 e. The molecule has 1 fully saturated rings. The lowest BCUT2D eigenvalue weighted by atomic mass is 10.1. The van der Waals surface area contributed by atoms with Crippen LogP contribution in [-0.4, -0.2) is 50.3 Å². The fraction of sp³-hybridized carbons (Fsp3) is 0.269. The van der Waals surface area contributed by atoms with Crippen molar-refractivity contribution in [3.63, 3.8) is 0 Å². The third kappa shape index (κ3) is 5.38. The summed E-state index contributed by atoms with van der Waals surface area (Å²) < 4.78 is 39.3. The molecule has 3 aromatic carbocycles. The third-order valence-electron chi connectivity index (χ3n) is 6.26. The van der Waals surface area contributed by atoms with Gasteiger partial charge in [0.05, 0.1) is 10.7 Å². The number of hydrogen-bond donors (Lipinski definition) is 0. The number of nitrogens with zero attached hydrogens (tertiary/aromatic N) is 3. The molecule has 4 rings (SSSR count). The summed E-state index contributed by atoms with van der Waals surface area (Å²) in [6, 6.07) is 14.7. The molecule has 0 radical (unpaired) electrons. The number of anilines is 1. The average molecular weight is 512 g/mol. The summed E-state index contributed by atoms with van der Waals surface area (Å²) in [6.07, 6.45) is 0. The van der Waals surface area contributed by atoms with Crippen LogP contribution in [0.4, 0.5) is 15.8 Å². The molecule has 0 N–H and O–H groups in total. The Labute approximate surface area is 209 Å². The van der Waals surface area contributed by atoms with Gasteiger partial charge in [0.25, 0.3) is 11.6 Å². The number of sulfone groups is 1. The van der Waals surface area contributed by atoms with Gasteiger partial charge >= 0.3 is 0 Å². The first-order valence-corrected chi connectivity index (χ1v) is 13.1. The second kappa shape index (κ2) is 10.1. The van der Waals surface area contributed by atoms with E-state index < -0.39 is 42.8 Å². The highest BCUT2D eigenvalue weighted by Gasteiger charge is 2.30. The van der Waals surface area contributed by atoms with Crippen LogP contribution >= 0.6 is 0 Å². The molecule has 1 aliphatic rings. The average Bonchev–Trinajstić information content (AvgIpc) is 2.84. The molecule has 1 heterocycles. The third-order valence-corrected chi connectivity index (χ3v) is 7.98. The largest absolute Gasteiger partial charge is 0.368 e. The summed E-state index contributed by atoms with van der Waals surface area (Å²) >= 11 is 0. The van der Waals surface area contributed by atoms with Gasteiger partial charge in [0, 0.05) is 43.5 Å². The molecule has 1 saturated heterocycles. The summed E-state index contributed by atoms with van der Waals surface area (Å²) in [4.78, 5) is 27.4. The van der Waals surface area contributed by atoms with Crippen LogP contribution in [0, 0.1) is 29.8 Å². The van der Waals surface area contributed by atoms with Crippen LogP contribution in [0.1, 0.15) is 27.0 Å². The number of piperazine rings is 1. The molecule has 0 bridgehead atoms. The first-order valence-electron chi connectivity index (χ1n) is 11.4. The van der Waals surface area contributed by atoms with E-state index in [0.717, 1.165) is 35.0 Å². The molecule has 1 amide bonds. The first kappa shape index (κ1) is 25.3. The zero-order chi connectivity index (χ0) is 26.0. The van der Waals surface area contributed by atoms with E-state index in [1.165, 1.54) is 24.3 Å². The standard InChI is InChI=1S/C26H26FN3O5S/c1-18-6-7-19(2)23(14-18)28-10-12-29(13-11-28)26(31)21-8-9-25(24(16-21)30(32)33)36(34,35)17-20-4-3-5-22(27)15-20/h3-9,14-16H,10-13,17H2,1-2H3. The minimum atomic E-state index is -4.16. The highest BCUT2D eigenvalue weighted by Crippen LogP contribution is 2.29. The molecule has 0 spiro atoms. The van der Waals surface area contributed by atoms with E-state index in [9.17, 15) is 27.7 Å². The van der Waals surface area contributed by atoms with Crippen molar-refractivity contribution in [2.45, 2.75) is 24.5 Å². The highest BCUT2D eigenvalue weighted by atomic mass is 32.2. The van der Waals surface area contributed by atoms with E-state index in [1.54, 1.807) is 4.90 Å². The lowest BCUT2D eigenvalue weighted by Gasteiger charge is -2.37. The van der Waals surface area contributed by atoms with Crippen LogP contribution < -0.4 is 4.90 Å². The molecule has 0 atom stereocenters. The zero-order valence-electron chi connectivity index (χ0n) is 20.0. The predicted octanol–water partition coefficient (Wildman–Crippen LogP) is 4.29. The van der Waals surface area contributed by atoms with E-state index in [-0.39, 0.29) is 11.1 Å². The topological polar surface area (TPSA) is 101 Å². The van der Waals surface area contributed by atoms with Gasteiger partial charge in [-0.3, -0.25) is 14.9 Å². The van der Waals surface area contributed by atoms with Gasteiger partial charge in [0.2, 0.25) is 0 Å². The number of nitro benzene ring substituents is 1. The lowest BCUT2D eigenvalue weighted by molar-refractivity contribution is -0.387. The summed E-state index contributed by atoms with van der Waals surface area (Å²) in [5.74, 6) is -1.59. The Morgan fingerprint density at radius 2 is 1.72 bits per heavy atom. The maximum absolute atomic E-state index is 13.5. The highest BCUT2D eigenvalue weighted by molar-refractivity contribution is 7.90. The van der Waals surface area contributed by atoms with Crippen LogP contribution in [0.25, 0.3) is 0 Å². The van der Waals surface area contributed by atoms with Gasteiger partial charge in [-0.15, -0.1) is 0 Å². The molecular formula is C26H26FN3O5S. The summed E-state index contributed by atoms with van der Waals surface area (Å²) in [7, 11) is -4.16. The van der Waals surface area contributed by atoms with Crippen molar-refractivity contribution in [3.05, 3.63) is 98.8 Å². The second-order valence-corrected chi connectivity index (χ2v) is 10.9. The van der Waals surface area contributed by atoms with Crippen LogP contribution in [-0.2, 0) is 15.6 Å². The van der Waals surface area contributed by atoms with Gasteiger partial charge in [-0.2, -0.15) is 0 Å². The van der Waals surface area contributed by atoms with Crippen molar-refractivity contribution in [3.8, 4) is 0 Å². The van der Waals surface area contributed by atoms with Crippen LogP contribution in [0.2, 0.25) is 0 Å². The SMILES string of the molecule is Cc1ccc(C)c(N2CCN(C(=O)c3ccc(S(=O)(=O)Cc4cccc(F)c4)c([N+](=O)[O-])c3)CC2)c1. The minimum Gasteiger partial charge on any atom is -0.368 e. The fourth-order valence-corrected chi connectivity index (χ4v) is 5.87. The van der Waals surface area contributed by atoms with Crippen molar-refractivity contribution in [2.75, 3.05) is 31.1 Å². The summed E-state index contributed by atoms with van der Waals surface area (Å²) in [5, 5.41) is 11.7. The van der Waals surface area contributed by atoms with Gasteiger partial charge in [-0.1, -0.05) is 24.3 Å². The van der Waals surface area contributed by atoms with Crippen molar-refractivity contribution >= 4 is 27.1 Å². The number of nitro groups is 1. The molecule has 0 saturated carbocycles. The predicted molar refractivity (Wildman–Crippen MR) is 134 cm³/mol. The molecule has 36 heavy (non-hydrogen) atoms. The lowest BCUT2D eigenvalue weighted by Crippen LogP contribution is -2.49. The Morgan fingerprint density at radius 3 is 2.39 bits per heavy atom. The molecule has 1 aliphatic heterocycles. The van der Waals surface area contributed by atoms with Gasteiger partial charge in [-0.05, 0) is 60.9 Å². The number of amides is 1. The van der Waals surface area contributed by atoms with Crippen LogP contribution in [0.5, 0.6) is 0 Å². The molecule has 3 aromatic rings. The Bertz CT molecular complexity index is 1430. The maximum Gasteiger partial charge on any atom is 0.288 e. The number of rotatable bonds is 6. The maximum atomic E-state index is 13.5. The Hall–Kier alpha value is -3.79. The van der Waals surface area contributed by atoms with Gasteiger partial charge < -0.3 is 9.80 Å². The number of hydrogen-bond acceptors (Lipinski definition) is 6. The van der Waals surface area contributed by atoms with Gasteiger partial charge in [-0.25, -0.2) is 12.8 Å². The van der Waals surface area contributed by atoms with E-state index >= 15 is 0 Å². The van der Waals surface area contributed by atoms with Crippen molar-refractivity contribution in [2.24, 2.45) is 0 Å². The summed E-state index contributed by atoms with van der Waals surface area (Å²) in [5.41, 5.74) is 2.95. The van der Waals surface area contributed by atoms with Gasteiger partial charge in [0.1, 0.15) is 10.7 Å². The van der Waals surface area contributed by atoms with Crippen molar-refractivity contribution < 1.29 is 22.5 Å². The molecule has 8 nitrogen and oxygen atoms in total. The monoisotopic (exact) mass is 511 g/mol. The van der Waals surface area contributed by atoms with Gasteiger partial charge in [0.15, 0.2) is 9.84 Å². The molecule has 10 heteroatoms. The minimum absolute atomic E-state index is 0.0478. The van der Waals surface area contributed by atoms with E-state index in [4.69, 9.17) is 0 Å². The number of aryl methyl sites for hydroxylation is 2. The van der Waals surface area contributed by atoms with E-state index in [2.05, 4.69) is 17.0 Å². The van der Waals surface area contributed by atoms with Crippen molar-refractivity contribution in [1.29, 1.82) is 0 Å². The van der Waals surface area contributed by atoms with Crippen LogP contribution in [0.15, 0.2) is 65.6 Å². The normalized spacial score (nSPS) is 14.1. The quantitative estimate of drug-likeness (QED) is 0.362. The second-order valence-electron chi connectivity index (χ2n) is 8.90. The molecule has 0 aromatic heterocycles. The number of carbonyl (C=O) groups is 1. The zero-order valence-corrected chi connectivity index (χ0v) is 20.8. The number of carbonyl (C=O) groups excluding carboxylic acids is 1. The van der Waals surface area contributed by atoms with Crippen molar-refractivity contribution in [1.82, 2.24) is 4.90 Å².